The molecule has 0 saturated carbocycles. The van der Waals surface area contributed by atoms with Gasteiger partial charge in [-0.05, 0) is 33.7 Å². The van der Waals surface area contributed by atoms with Crippen LogP contribution in [0.4, 0.5) is 4.79 Å². The first-order valence-corrected chi connectivity index (χ1v) is 5.12. The summed E-state index contributed by atoms with van der Waals surface area (Å²) in [6, 6.07) is 0.231. The van der Waals surface area contributed by atoms with Crippen LogP contribution in [0.1, 0.15) is 27.2 Å². The zero-order chi connectivity index (χ0) is 11.9. The second kappa shape index (κ2) is 6.63. The van der Waals surface area contributed by atoms with Gasteiger partial charge in [0, 0.05) is 19.7 Å². The van der Waals surface area contributed by atoms with Gasteiger partial charge in [-0.25, -0.2) is 4.79 Å². The molecule has 1 aliphatic rings. The fraction of sp³-hybridized carbons (Fsp3) is 0.900. The molecule has 1 amide bonds. The Bertz CT molecular complexity index is 184. The number of rotatable bonds is 1. The lowest BCUT2D eigenvalue weighted by Gasteiger charge is -2.21. The van der Waals surface area contributed by atoms with E-state index in [-0.39, 0.29) is 12.1 Å². The number of ether oxygens (including phenoxy) is 1. The Labute approximate surface area is 91.2 Å². The van der Waals surface area contributed by atoms with Gasteiger partial charge in [-0.2, -0.15) is 0 Å². The van der Waals surface area contributed by atoms with Crippen molar-refractivity contribution in [3.8, 4) is 0 Å². The third-order valence-corrected chi connectivity index (χ3v) is 1.78. The molecule has 3 N–H and O–H groups in total. The molecule has 1 heterocycles. The number of nitrogens with one attached hydrogen (secondary N) is 2. The maximum absolute atomic E-state index is 11.3. The molecule has 1 unspecified atom stereocenters. The SMILES string of the molecule is CC(C)(C)OC(=O)NC1CCNC1.CO. The maximum atomic E-state index is 11.3. The second-order valence-electron chi connectivity index (χ2n) is 4.34. The molecule has 0 aromatic carbocycles. The van der Waals surface area contributed by atoms with E-state index in [0.717, 1.165) is 26.6 Å². The van der Waals surface area contributed by atoms with E-state index in [1.807, 2.05) is 20.8 Å². The van der Waals surface area contributed by atoms with Crippen LogP contribution in [0.3, 0.4) is 0 Å². The molecule has 0 bridgehead atoms. The molecular formula is C10H22N2O3. The minimum atomic E-state index is -0.407. The molecule has 0 spiro atoms. The van der Waals surface area contributed by atoms with Gasteiger partial charge in [-0.15, -0.1) is 0 Å². The second-order valence-corrected chi connectivity index (χ2v) is 4.34. The largest absolute Gasteiger partial charge is 0.444 e. The van der Waals surface area contributed by atoms with E-state index in [2.05, 4.69) is 10.6 Å². The summed E-state index contributed by atoms with van der Waals surface area (Å²) in [6.07, 6.45) is 0.667. The average molecular weight is 218 g/mol. The van der Waals surface area contributed by atoms with Gasteiger partial charge < -0.3 is 20.5 Å². The Morgan fingerprint density at radius 3 is 2.47 bits per heavy atom. The third kappa shape index (κ3) is 7.16. The lowest BCUT2D eigenvalue weighted by molar-refractivity contribution is 0.0508. The predicted molar refractivity (Wildman–Crippen MR) is 58.8 cm³/mol. The van der Waals surface area contributed by atoms with Crippen LogP contribution in [0.15, 0.2) is 0 Å². The molecule has 15 heavy (non-hydrogen) atoms. The quantitative estimate of drug-likeness (QED) is 0.599. The van der Waals surface area contributed by atoms with Crippen molar-refractivity contribution in [2.75, 3.05) is 20.2 Å². The van der Waals surface area contributed by atoms with Gasteiger partial charge in [0.1, 0.15) is 5.60 Å². The van der Waals surface area contributed by atoms with Crippen LogP contribution >= 0.6 is 0 Å². The van der Waals surface area contributed by atoms with E-state index < -0.39 is 5.60 Å². The van der Waals surface area contributed by atoms with Crippen molar-refractivity contribution in [3.63, 3.8) is 0 Å². The molecule has 1 atom stereocenters. The van der Waals surface area contributed by atoms with Crippen LogP contribution in [0.5, 0.6) is 0 Å². The van der Waals surface area contributed by atoms with Gasteiger partial charge in [0.15, 0.2) is 0 Å². The molecule has 0 radical (unpaired) electrons. The van der Waals surface area contributed by atoms with Gasteiger partial charge in [0.25, 0.3) is 0 Å². The summed E-state index contributed by atoms with van der Waals surface area (Å²) in [7, 11) is 1.00. The number of carbonyl (C=O) groups is 1. The zero-order valence-corrected chi connectivity index (χ0v) is 9.96. The number of hydrogen-bond acceptors (Lipinski definition) is 4. The Morgan fingerprint density at radius 2 is 2.07 bits per heavy atom. The number of carbonyl (C=O) groups excluding carboxylic acids is 1. The molecule has 5 nitrogen and oxygen atoms in total. The predicted octanol–water partition coefficient (Wildman–Crippen LogP) is 0.481. The monoisotopic (exact) mass is 218 g/mol. The molecule has 0 aromatic heterocycles. The minimum Gasteiger partial charge on any atom is -0.444 e. The number of alkyl carbamates (subject to hydrolysis) is 1. The standard InChI is InChI=1S/C9H18N2O2.CH4O/c1-9(2,3)13-8(12)11-7-4-5-10-6-7;1-2/h7,10H,4-6H2,1-3H3,(H,11,12);2H,1H3. The van der Waals surface area contributed by atoms with Crippen LogP contribution in [0.2, 0.25) is 0 Å². The molecule has 0 aliphatic carbocycles. The van der Waals surface area contributed by atoms with Gasteiger partial charge >= 0.3 is 6.09 Å². The summed E-state index contributed by atoms with van der Waals surface area (Å²) >= 11 is 0. The Morgan fingerprint density at radius 1 is 1.47 bits per heavy atom. The fourth-order valence-electron chi connectivity index (χ4n) is 1.25. The van der Waals surface area contributed by atoms with Crippen molar-refractivity contribution < 1.29 is 14.6 Å². The zero-order valence-electron chi connectivity index (χ0n) is 9.96. The van der Waals surface area contributed by atoms with E-state index in [1.165, 1.54) is 0 Å². The first-order valence-electron chi connectivity index (χ1n) is 5.12. The molecule has 90 valence electrons. The van der Waals surface area contributed by atoms with E-state index in [4.69, 9.17) is 9.84 Å². The topological polar surface area (TPSA) is 70.6 Å². The van der Waals surface area contributed by atoms with Crippen LogP contribution < -0.4 is 10.6 Å². The first-order chi connectivity index (χ1) is 6.97. The van der Waals surface area contributed by atoms with Gasteiger partial charge in [0.2, 0.25) is 0 Å². The van der Waals surface area contributed by atoms with E-state index in [0.29, 0.717) is 0 Å². The van der Waals surface area contributed by atoms with Crippen LogP contribution in [-0.4, -0.2) is 43.0 Å². The Hall–Kier alpha value is -0.810. The van der Waals surface area contributed by atoms with Gasteiger partial charge in [-0.1, -0.05) is 0 Å². The fourth-order valence-corrected chi connectivity index (χ4v) is 1.25. The number of aliphatic hydroxyl groups is 1. The third-order valence-electron chi connectivity index (χ3n) is 1.78. The molecule has 5 heteroatoms. The van der Waals surface area contributed by atoms with E-state index in [1.54, 1.807) is 0 Å². The Balaban J connectivity index is 0.000000921. The molecule has 1 fully saturated rings. The molecule has 0 aromatic rings. The normalized spacial score (nSPS) is 20.2. The first kappa shape index (κ1) is 14.2. The Kier molecular flexibility index (Phi) is 6.27. The number of amides is 1. The summed E-state index contributed by atoms with van der Waals surface area (Å²) in [4.78, 5) is 11.3. The van der Waals surface area contributed by atoms with Crippen LogP contribution in [0.25, 0.3) is 0 Å². The van der Waals surface area contributed by atoms with Crippen molar-refractivity contribution in [1.82, 2.24) is 10.6 Å². The lowest BCUT2D eigenvalue weighted by atomic mass is 10.2. The van der Waals surface area contributed by atoms with Crippen LogP contribution in [-0.2, 0) is 4.74 Å². The van der Waals surface area contributed by atoms with E-state index in [9.17, 15) is 4.79 Å². The summed E-state index contributed by atoms with van der Waals surface area (Å²) < 4.78 is 5.12. The summed E-state index contributed by atoms with van der Waals surface area (Å²) in [6.45, 7) is 7.40. The lowest BCUT2D eigenvalue weighted by Crippen LogP contribution is -2.40. The van der Waals surface area contributed by atoms with Crippen molar-refractivity contribution in [1.29, 1.82) is 0 Å². The van der Waals surface area contributed by atoms with Gasteiger partial charge in [0.05, 0.1) is 0 Å². The summed E-state index contributed by atoms with van der Waals surface area (Å²) in [5.41, 5.74) is -0.407. The molecular weight excluding hydrogens is 196 g/mol. The smallest absolute Gasteiger partial charge is 0.407 e. The van der Waals surface area contributed by atoms with Crippen LogP contribution in [0, 0.1) is 0 Å². The number of aliphatic hydroxyl groups excluding tert-OH is 1. The van der Waals surface area contributed by atoms with Crippen molar-refractivity contribution in [2.45, 2.75) is 38.8 Å². The van der Waals surface area contributed by atoms with Crippen molar-refractivity contribution in [2.24, 2.45) is 0 Å². The summed E-state index contributed by atoms with van der Waals surface area (Å²) in [5.74, 6) is 0. The highest BCUT2D eigenvalue weighted by Crippen LogP contribution is 2.07. The van der Waals surface area contributed by atoms with Crippen molar-refractivity contribution >= 4 is 6.09 Å². The minimum absolute atomic E-state index is 0.231. The van der Waals surface area contributed by atoms with Gasteiger partial charge in [-0.3, -0.25) is 0 Å². The highest BCUT2D eigenvalue weighted by molar-refractivity contribution is 5.68. The van der Waals surface area contributed by atoms with E-state index >= 15 is 0 Å². The van der Waals surface area contributed by atoms with Crippen molar-refractivity contribution in [3.05, 3.63) is 0 Å². The summed E-state index contributed by atoms with van der Waals surface area (Å²) in [5, 5.41) is 13.0. The molecule has 1 saturated heterocycles. The molecule has 1 aliphatic heterocycles. The average Bonchev–Trinajstić information content (AvgIpc) is 2.57. The highest BCUT2D eigenvalue weighted by atomic mass is 16.6. The highest BCUT2D eigenvalue weighted by Gasteiger charge is 2.21. The number of hydrogen-bond donors (Lipinski definition) is 3. The maximum Gasteiger partial charge on any atom is 0.407 e. The molecule has 1 rings (SSSR count).